The molecule has 0 radical (unpaired) electrons. The first kappa shape index (κ1) is 13.1. The number of hydrogen-bond donors (Lipinski definition) is 2. The average molecular weight is 276 g/mol. The number of para-hydroxylation sites is 1. The highest BCUT2D eigenvalue weighted by atomic mass is 15.1. The van der Waals surface area contributed by atoms with Gasteiger partial charge in [0.25, 0.3) is 0 Å². The first-order chi connectivity index (χ1) is 10.2. The average Bonchev–Trinajstić information content (AvgIpc) is 2.49. The van der Waals surface area contributed by atoms with Gasteiger partial charge < -0.3 is 11.1 Å². The zero-order chi connectivity index (χ0) is 14.7. The van der Waals surface area contributed by atoms with Crippen LogP contribution in [0, 0.1) is 6.92 Å². The lowest BCUT2D eigenvalue weighted by molar-refractivity contribution is 1.12. The number of nitrogens with two attached hydrogens (primary N) is 1. The molecular weight excluding hydrogens is 260 g/mol. The van der Waals surface area contributed by atoms with Crippen molar-refractivity contribution in [2.75, 3.05) is 11.1 Å². The molecule has 0 saturated carbocycles. The molecule has 0 aliphatic heterocycles. The highest BCUT2D eigenvalue weighted by Gasteiger charge is 2.11. The third kappa shape index (κ3) is 2.84. The van der Waals surface area contributed by atoms with Gasteiger partial charge in [-0.15, -0.1) is 0 Å². The molecule has 0 unspecified atom stereocenters. The van der Waals surface area contributed by atoms with Crippen LogP contribution in [0.3, 0.4) is 0 Å². The highest BCUT2D eigenvalue weighted by molar-refractivity contribution is 5.77. The van der Waals surface area contributed by atoms with Gasteiger partial charge in [-0.2, -0.15) is 4.98 Å². The standard InChI is InChI=1S/C17H16N4/c1-12-15(13-8-4-2-5-9-13)16(18)21-17(19-12)20-14-10-6-3-7-11-14/h2-11H,1H3,(H3,18,19,20,21). The molecule has 2 aromatic carbocycles. The second kappa shape index (κ2) is 5.63. The van der Waals surface area contributed by atoms with Crippen molar-refractivity contribution in [1.82, 2.24) is 9.97 Å². The maximum Gasteiger partial charge on any atom is 0.229 e. The fourth-order valence-corrected chi connectivity index (χ4v) is 2.26. The molecule has 0 saturated heterocycles. The van der Waals surface area contributed by atoms with E-state index in [1.807, 2.05) is 67.6 Å². The van der Waals surface area contributed by atoms with Gasteiger partial charge in [-0.1, -0.05) is 48.5 Å². The third-order valence-corrected chi connectivity index (χ3v) is 3.21. The van der Waals surface area contributed by atoms with Crippen molar-refractivity contribution in [3.05, 3.63) is 66.4 Å². The minimum Gasteiger partial charge on any atom is -0.383 e. The van der Waals surface area contributed by atoms with E-state index in [0.29, 0.717) is 11.8 Å². The molecule has 0 atom stereocenters. The van der Waals surface area contributed by atoms with Crippen LogP contribution in [0.1, 0.15) is 5.69 Å². The minimum absolute atomic E-state index is 0.479. The number of rotatable bonds is 3. The summed E-state index contributed by atoms with van der Waals surface area (Å²) in [5.41, 5.74) is 9.81. The number of hydrogen-bond acceptors (Lipinski definition) is 4. The zero-order valence-corrected chi connectivity index (χ0v) is 11.7. The highest BCUT2D eigenvalue weighted by Crippen LogP contribution is 2.28. The number of nitrogens with zero attached hydrogens (tertiary/aromatic N) is 2. The Hall–Kier alpha value is -2.88. The van der Waals surface area contributed by atoms with Gasteiger partial charge in [0, 0.05) is 11.3 Å². The lowest BCUT2D eigenvalue weighted by atomic mass is 10.1. The van der Waals surface area contributed by atoms with Crippen molar-refractivity contribution in [3.8, 4) is 11.1 Å². The van der Waals surface area contributed by atoms with Gasteiger partial charge >= 0.3 is 0 Å². The summed E-state index contributed by atoms with van der Waals surface area (Å²) >= 11 is 0. The van der Waals surface area contributed by atoms with Crippen molar-refractivity contribution < 1.29 is 0 Å². The number of aromatic nitrogens is 2. The van der Waals surface area contributed by atoms with Gasteiger partial charge in [-0.3, -0.25) is 0 Å². The van der Waals surface area contributed by atoms with Crippen LogP contribution in [-0.2, 0) is 0 Å². The summed E-state index contributed by atoms with van der Waals surface area (Å²) in [6, 6.07) is 19.7. The fraction of sp³-hybridized carbons (Fsp3) is 0.0588. The Morgan fingerprint density at radius 3 is 2.10 bits per heavy atom. The fourth-order valence-electron chi connectivity index (χ4n) is 2.26. The van der Waals surface area contributed by atoms with Gasteiger partial charge in [0.1, 0.15) is 5.82 Å². The molecule has 4 heteroatoms. The summed E-state index contributed by atoms with van der Waals surface area (Å²) < 4.78 is 0. The first-order valence-electron chi connectivity index (χ1n) is 6.75. The van der Waals surface area contributed by atoms with E-state index in [9.17, 15) is 0 Å². The van der Waals surface area contributed by atoms with Crippen molar-refractivity contribution in [1.29, 1.82) is 0 Å². The predicted molar refractivity (Wildman–Crippen MR) is 86.3 cm³/mol. The Morgan fingerprint density at radius 2 is 1.48 bits per heavy atom. The summed E-state index contributed by atoms with van der Waals surface area (Å²) in [5, 5.41) is 3.16. The van der Waals surface area contributed by atoms with Crippen LogP contribution in [0.15, 0.2) is 60.7 Å². The van der Waals surface area contributed by atoms with Crippen molar-refractivity contribution >= 4 is 17.5 Å². The SMILES string of the molecule is Cc1nc(Nc2ccccc2)nc(N)c1-c1ccccc1. The molecule has 0 fully saturated rings. The maximum atomic E-state index is 6.12. The molecule has 3 N–H and O–H groups in total. The molecule has 3 aromatic rings. The van der Waals surface area contributed by atoms with Gasteiger partial charge in [0.2, 0.25) is 5.95 Å². The van der Waals surface area contributed by atoms with Crippen LogP contribution in [0.5, 0.6) is 0 Å². The van der Waals surface area contributed by atoms with E-state index in [-0.39, 0.29) is 0 Å². The molecule has 0 amide bonds. The van der Waals surface area contributed by atoms with Crippen molar-refractivity contribution in [3.63, 3.8) is 0 Å². The molecule has 0 spiro atoms. The predicted octanol–water partition coefficient (Wildman–Crippen LogP) is 3.78. The van der Waals surface area contributed by atoms with E-state index in [1.54, 1.807) is 0 Å². The Labute approximate surface area is 123 Å². The van der Waals surface area contributed by atoms with Crippen molar-refractivity contribution in [2.45, 2.75) is 6.92 Å². The molecule has 3 rings (SSSR count). The van der Waals surface area contributed by atoms with Gasteiger partial charge in [0.15, 0.2) is 0 Å². The monoisotopic (exact) mass is 276 g/mol. The second-order valence-electron chi connectivity index (χ2n) is 4.75. The molecule has 0 aliphatic carbocycles. The lowest BCUT2D eigenvalue weighted by Gasteiger charge is -2.11. The van der Waals surface area contributed by atoms with Crippen LogP contribution >= 0.6 is 0 Å². The Kier molecular flexibility index (Phi) is 3.51. The maximum absolute atomic E-state index is 6.12. The Morgan fingerprint density at radius 1 is 0.857 bits per heavy atom. The summed E-state index contributed by atoms with van der Waals surface area (Å²) in [4.78, 5) is 8.86. The number of benzene rings is 2. The molecule has 1 heterocycles. The van der Waals surface area contributed by atoms with Crippen LogP contribution in [0.4, 0.5) is 17.5 Å². The van der Waals surface area contributed by atoms with E-state index < -0.39 is 0 Å². The summed E-state index contributed by atoms with van der Waals surface area (Å²) in [6.07, 6.45) is 0. The smallest absolute Gasteiger partial charge is 0.229 e. The molecule has 1 aromatic heterocycles. The Balaban J connectivity index is 1.97. The second-order valence-corrected chi connectivity index (χ2v) is 4.75. The van der Waals surface area contributed by atoms with Crippen LogP contribution in [-0.4, -0.2) is 9.97 Å². The van der Waals surface area contributed by atoms with Gasteiger partial charge in [-0.25, -0.2) is 4.98 Å². The number of aryl methyl sites for hydroxylation is 1. The molecular formula is C17H16N4. The third-order valence-electron chi connectivity index (χ3n) is 3.21. The zero-order valence-electron chi connectivity index (χ0n) is 11.7. The lowest BCUT2D eigenvalue weighted by Crippen LogP contribution is -2.04. The number of anilines is 3. The van der Waals surface area contributed by atoms with E-state index in [2.05, 4.69) is 15.3 Å². The summed E-state index contributed by atoms with van der Waals surface area (Å²) in [7, 11) is 0. The molecule has 104 valence electrons. The van der Waals surface area contributed by atoms with Crippen LogP contribution < -0.4 is 11.1 Å². The topological polar surface area (TPSA) is 63.8 Å². The Bertz CT molecular complexity index is 716. The molecule has 0 bridgehead atoms. The number of nitrogens with one attached hydrogen (secondary N) is 1. The van der Waals surface area contributed by atoms with Crippen LogP contribution in [0.25, 0.3) is 11.1 Å². The van der Waals surface area contributed by atoms with Gasteiger partial charge in [-0.05, 0) is 24.6 Å². The van der Waals surface area contributed by atoms with Crippen molar-refractivity contribution in [2.24, 2.45) is 0 Å². The molecule has 21 heavy (non-hydrogen) atoms. The first-order valence-corrected chi connectivity index (χ1v) is 6.75. The molecule has 0 aliphatic rings. The quantitative estimate of drug-likeness (QED) is 0.764. The van der Waals surface area contributed by atoms with Gasteiger partial charge in [0.05, 0.1) is 5.69 Å². The van der Waals surface area contributed by atoms with E-state index in [1.165, 1.54) is 0 Å². The normalized spacial score (nSPS) is 10.3. The molecule has 4 nitrogen and oxygen atoms in total. The number of nitrogen functional groups attached to an aromatic ring is 1. The van der Waals surface area contributed by atoms with E-state index in [0.717, 1.165) is 22.5 Å². The van der Waals surface area contributed by atoms with Crippen LogP contribution in [0.2, 0.25) is 0 Å². The minimum atomic E-state index is 0.479. The summed E-state index contributed by atoms with van der Waals surface area (Å²) in [5.74, 6) is 0.989. The van der Waals surface area contributed by atoms with E-state index >= 15 is 0 Å². The largest absolute Gasteiger partial charge is 0.383 e. The summed E-state index contributed by atoms with van der Waals surface area (Å²) in [6.45, 7) is 1.94. The van der Waals surface area contributed by atoms with E-state index in [4.69, 9.17) is 5.73 Å².